The van der Waals surface area contributed by atoms with Gasteiger partial charge in [0.05, 0.1) is 24.7 Å². The van der Waals surface area contributed by atoms with E-state index >= 15 is 0 Å². The molecule has 0 bridgehead atoms. The first-order chi connectivity index (χ1) is 9.51. The lowest BCUT2D eigenvalue weighted by atomic mass is 10.1. The number of carbonyl (C=O) groups is 2. The van der Waals surface area contributed by atoms with Crippen LogP contribution in [0.5, 0.6) is 5.75 Å². The molecule has 108 valence electrons. The van der Waals surface area contributed by atoms with Crippen LogP contribution in [0.1, 0.15) is 10.4 Å². The molecule has 1 aliphatic rings. The first kappa shape index (κ1) is 15.0. The van der Waals surface area contributed by atoms with E-state index in [9.17, 15) is 9.59 Å². The molecule has 0 radical (unpaired) electrons. The van der Waals surface area contributed by atoms with Crippen molar-refractivity contribution in [2.24, 2.45) is 0 Å². The topological polar surface area (TPSA) is 49.9 Å². The summed E-state index contributed by atoms with van der Waals surface area (Å²) in [6.07, 6.45) is 0. The van der Waals surface area contributed by atoms with Gasteiger partial charge in [0, 0.05) is 25.7 Å². The van der Waals surface area contributed by atoms with E-state index in [1.54, 1.807) is 37.3 Å². The largest absolute Gasteiger partial charge is 0.496 e. The summed E-state index contributed by atoms with van der Waals surface area (Å²) in [7, 11) is 3.36. The van der Waals surface area contributed by atoms with Gasteiger partial charge < -0.3 is 9.64 Å². The molecule has 2 rings (SSSR count). The van der Waals surface area contributed by atoms with Crippen molar-refractivity contribution < 1.29 is 14.3 Å². The molecule has 0 spiro atoms. The van der Waals surface area contributed by atoms with Gasteiger partial charge >= 0.3 is 0 Å². The van der Waals surface area contributed by atoms with Gasteiger partial charge in [-0.2, -0.15) is 0 Å². The zero-order valence-corrected chi connectivity index (χ0v) is 13.1. The lowest BCUT2D eigenvalue weighted by molar-refractivity contribution is -0.134. The summed E-state index contributed by atoms with van der Waals surface area (Å²) < 4.78 is 5.89. The fourth-order valence-corrected chi connectivity index (χ4v) is 2.62. The van der Waals surface area contributed by atoms with Gasteiger partial charge in [-0.1, -0.05) is 0 Å². The maximum absolute atomic E-state index is 12.2. The normalized spacial score (nSPS) is 16.4. The number of rotatable bonds is 4. The molecule has 1 heterocycles. The quantitative estimate of drug-likeness (QED) is 0.777. The molecule has 6 heteroatoms. The lowest BCUT2D eigenvalue weighted by Crippen LogP contribution is -2.49. The number of likely N-dealkylation sites (N-methyl/N-ethyl adjacent to an activating group) is 1. The van der Waals surface area contributed by atoms with Crippen molar-refractivity contribution in [2.45, 2.75) is 0 Å². The number of carbonyl (C=O) groups excluding carboxylic acids is 2. The Balaban J connectivity index is 2.01. The molecule has 1 amide bonds. The maximum atomic E-state index is 12.2. The number of ether oxygens (including phenoxy) is 1. The van der Waals surface area contributed by atoms with Gasteiger partial charge in [-0.3, -0.25) is 14.5 Å². The van der Waals surface area contributed by atoms with Crippen molar-refractivity contribution in [3.05, 3.63) is 28.2 Å². The van der Waals surface area contributed by atoms with E-state index in [2.05, 4.69) is 15.9 Å². The molecule has 0 N–H and O–H groups in total. The number of piperazine rings is 1. The molecule has 0 unspecified atom stereocenters. The molecule has 1 aliphatic heterocycles. The van der Waals surface area contributed by atoms with Gasteiger partial charge in [-0.05, 0) is 34.1 Å². The minimum Gasteiger partial charge on any atom is -0.496 e. The third kappa shape index (κ3) is 3.37. The first-order valence-electron chi connectivity index (χ1n) is 6.34. The predicted octanol–water partition coefficient (Wildman–Crippen LogP) is 1.41. The number of hydrogen-bond acceptors (Lipinski definition) is 4. The van der Waals surface area contributed by atoms with Gasteiger partial charge in [0.1, 0.15) is 5.75 Å². The molecule has 20 heavy (non-hydrogen) atoms. The highest BCUT2D eigenvalue weighted by atomic mass is 79.9. The van der Waals surface area contributed by atoms with Crippen LogP contribution in [0.15, 0.2) is 22.7 Å². The maximum Gasteiger partial charge on any atom is 0.236 e. The number of benzene rings is 1. The van der Waals surface area contributed by atoms with Crippen LogP contribution in [0.2, 0.25) is 0 Å². The molecular formula is C14H17BrN2O3. The van der Waals surface area contributed by atoms with Crippen LogP contribution in [-0.4, -0.2) is 61.8 Å². The molecule has 1 aromatic carbocycles. The zero-order chi connectivity index (χ0) is 14.7. The van der Waals surface area contributed by atoms with E-state index in [1.807, 2.05) is 4.90 Å². The van der Waals surface area contributed by atoms with Crippen molar-refractivity contribution in [3.8, 4) is 5.75 Å². The van der Waals surface area contributed by atoms with Crippen molar-refractivity contribution >= 4 is 27.6 Å². The number of ketones is 1. The highest BCUT2D eigenvalue weighted by Gasteiger charge is 2.23. The van der Waals surface area contributed by atoms with E-state index in [-0.39, 0.29) is 18.2 Å². The molecule has 0 saturated carbocycles. The zero-order valence-electron chi connectivity index (χ0n) is 11.6. The summed E-state index contributed by atoms with van der Waals surface area (Å²) in [5.41, 5.74) is 0.615. The second kappa shape index (κ2) is 6.37. The molecule has 0 aliphatic carbocycles. The van der Waals surface area contributed by atoms with Gasteiger partial charge in [0.15, 0.2) is 5.78 Å². The van der Waals surface area contributed by atoms with Gasteiger partial charge in [-0.15, -0.1) is 0 Å². The predicted molar refractivity (Wildman–Crippen MR) is 79.1 cm³/mol. The molecule has 1 fully saturated rings. The lowest BCUT2D eigenvalue weighted by Gasteiger charge is -2.31. The fraction of sp³-hybridized carbons (Fsp3) is 0.429. The monoisotopic (exact) mass is 340 g/mol. The van der Waals surface area contributed by atoms with E-state index in [1.165, 1.54) is 0 Å². The van der Waals surface area contributed by atoms with Crippen LogP contribution >= 0.6 is 15.9 Å². The Bertz CT molecular complexity index is 533. The number of Topliss-reactive ketones (excluding diaryl/α,β-unsaturated/α-hetero) is 1. The van der Waals surface area contributed by atoms with Gasteiger partial charge in [0.25, 0.3) is 0 Å². The molecule has 5 nitrogen and oxygen atoms in total. The number of nitrogens with zero attached hydrogens (tertiary/aromatic N) is 2. The summed E-state index contributed by atoms with van der Waals surface area (Å²) in [5.74, 6) is 0.752. The van der Waals surface area contributed by atoms with Crippen molar-refractivity contribution in [1.29, 1.82) is 0 Å². The Labute approximate surface area is 126 Å². The standard InChI is InChI=1S/C14H17BrN2O3/c1-16-5-6-17(9-14(16)19)8-12(18)10-3-4-13(20-2)11(15)7-10/h3-4,7H,5-6,8-9H2,1-2H3. The van der Waals surface area contributed by atoms with Gasteiger partial charge in [0.2, 0.25) is 5.91 Å². The summed E-state index contributed by atoms with van der Waals surface area (Å²) >= 11 is 3.37. The number of methoxy groups -OCH3 is 1. The fourth-order valence-electron chi connectivity index (χ4n) is 2.08. The third-order valence-electron chi connectivity index (χ3n) is 3.38. The molecular weight excluding hydrogens is 324 g/mol. The SMILES string of the molecule is COc1ccc(C(=O)CN2CCN(C)C(=O)C2)cc1Br. The van der Waals surface area contributed by atoms with Crippen LogP contribution in [-0.2, 0) is 4.79 Å². The minimum absolute atomic E-state index is 0.00528. The third-order valence-corrected chi connectivity index (χ3v) is 4.00. The Hall–Kier alpha value is -1.40. The van der Waals surface area contributed by atoms with E-state index in [4.69, 9.17) is 4.74 Å². The van der Waals surface area contributed by atoms with Crippen molar-refractivity contribution in [3.63, 3.8) is 0 Å². The summed E-state index contributed by atoms with van der Waals surface area (Å²) in [6.45, 7) is 1.96. The van der Waals surface area contributed by atoms with Crippen LogP contribution in [0.3, 0.4) is 0 Å². The average molecular weight is 341 g/mol. The molecule has 0 atom stereocenters. The van der Waals surface area contributed by atoms with Crippen molar-refractivity contribution in [1.82, 2.24) is 9.80 Å². The van der Waals surface area contributed by atoms with E-state index in [0.29, 0.717) is 24.4 Å². The minimum atomic E-state index is 0.00528. The summed E-state index contributed by atoms with van der Waals surface area (Å²) in [6, 6.07) is 5.25. The van der Waals surface area contributed by atoms with Crippen molar-refractivity contribution in [2.75, 3.05) is 40.3 Å². The number of amides is 1. The number of hydrogen-bond donors (Lipinski definition) is 0. The molecule has 1 saturated heterocycles. The molecule has 0 aromatic heterocycles. The Morgan fingerprint density at radius 1 is 1.40 bits per heavy atom. The van der Waals surface area contributed by atoms with E-state index in [0.717, 1.165) is 11.0 Å². The molecule has 1 aromatic rings. The van der Waals surface area contributed by atoms with Crippen LogP contribution in [0.25, 0.3) is 0 Å². The van der Waals surface area contributed by atoms with E-state index < -0.39 is 0 Å². The Morgan fingerprint density at radius 3 is 2.75 bits per heavy atom. The summed E-state index contributed by atoms with van der Waals surface area (Å²) in [4.78, 5) is 27.4. The highest BCUT2D eigenvalue weighted by Crippen LogP contribution is 2.25. The second-order valence-corrected chi connectivity index (χ2v) is 5.65. The van der Waals surface area contributed by atoms with Crippen LogP contribution in [0.4, 0.5) is 0 Å². The van der Waals surface area contributed by atoms with Crippen LogP contribution in [0, 0.1) is 0 Å². The number of halogens is 1. The Kier molecular flexibility index (Phi) is 4.77. The van der Waals surface area contributed by atoms with Gasteiger partial charge in [-0.25, -0.2) is 0 Å². The second-order valence-electron chi connectivity index (χ2n) is 4.80. The highest BCUT2D eigenvalue weighted by molar-refractivity contribution is 9.10. The first-order valence-corrected chi connectivity index (χ1v) is 7.13. The Morgan fingerprint density at radius 2 is 2.15 bits per heavy atom. The smallest absolute Gasteiger partial charge is 0.236 e. The van der Waals surface area contributed by atoms with Crippen LogP contribution < -0.4 is 4.74 Å². The average Bonchev–Trinajstić information content (AvgIpc) is 2.42. The summed E-state index contributed by atoms with van der Waals surface area (Å²) in [5, 5.41) is 0.